The van der Waals surface area contributed by atoms with Crippen molar-refractivity contribution in [3.05, 3.63) is 235 Å². The third kappa shape index (κ3) is 8.57. The molecule has 0 amide bonds. The Morgan fingerprint density at radius 3 is 1.33 bits per heavy atom. The van der Waals surface area contributed by atoms with Crippen LogP contribution >= 0.6 is 0 Å². The molecular weight excluding hydrogens is 805 g/mol. The minimum Gasteiger partial charge on any atom is -0.212 e. The highest BCUT2D eigenvalue weighted by Gasteiger charge is 2.22. The molecule has 8 aromatic rings. The molecule has 3 aliphatic carbocycles. The zero-order valence-corrected chi connectivity index (χ0v) is 36.5. The smallest absolute Gasteiger partial charge is 0.164 e. The highest BCUT2D eigenvalue weighted by atomic mass is 15.0. The molecule has 2 heterocycles. The lowest BCUT2D eigenvalue weighted by molar-refractivity contribution is 0.758. The average Bonchev–Trinajstić information content (AvgIpc) is 3.42. The van der Waals surface area contributed by atoms with Crippen molar-refractivity contribution in [3.8, 4) is 67.5 Å². The first-order valence-electron chi connectivity index (χ1n) is 22.9. The molecule has 6 nitrogen and oxygen atoms in total. The van der Waals surface area contributed by atoms with Crippen LogP contribution in [0.5, 0.6) is 0 Å². The summed E-state index contributed by atoms with van der Waals surface area (Å²) in [5, 5.41) is 0. The van der Waals surface area contributed by atoms with E-state index >= 15 is 0 Å². The van der Waals surface area contributed by atoms with E-state index in [1.807, 2.05) is 48.5 Å². The highest BCUT2D eigenvalue weighted by Crippen LogP contribution is 2.40. The second kappa shape index (κ2) is 18.5. The van der Waals surface area contributed by atoms with Crippen LogP contribution in [0.25, 0.3) is 84.3 Å². The van der Waals surface area contributed by atoms with Crippen LogP contribution in [0, 0.1) is 0 Å². The molecule has 2 aromatic heterocycles. The van der Waals surface area contributed by atoms with E-state index in [9.17, 15) is 0 Å². The Hall–Kier alpha value is -8.22. The van der Waals surface area contributed by atoms with Crippen LogP contribution in [0.1, 0.15) is 61.1 Å². The van der Waals surface area contributed by atoms with Crippen molar-refractivity contribution in [3.63, 3.8) is 0 Å². The predicted octanol–water partition coefficient (Wildman–Crippen LogP) is 14.7. The Morgan fingerprint density at radius 1 is 0.318 bits per heavy atom. The fraction of sp³-hybridized carbons (Fsp3) is 0.100. The molecular formula is C60H46N6. The van der Waals surface area contributed by atoms with Crippen molar-refractivity contribution in [1.82, 2.24) is 29.9 Å². The largest absolute Gasteiger partial charge is 0.212 e. The molecule has 316 valence electrons. The summed E-state index contributed by atoms with van der Waals surface area (Å²) < 4.78 is 0. The lowest BCUT2D eigenvalue weighted by Crippen LogP contribution is -2.10. The van der Waals surface area contributed by atoms with Crippen molar-refractivity contribution >= 4 is 16.7 Å². The van der Waals surface area contributed by atoms with E-state index < -0.39 is 0 Å². The normalized spacial score (nSPS) is 15.5. The molecule has 66 heavy (non-hydrogen) atoms. The minimum atomic E-state index is -0.00298. The number of rotatable bonds is 10. The summed E-state index contributed by atoms with van der Waals surface area (Å²) in [5.74, 6) is 4.19. The molecule has 0 radical (unpaired) electrons. The second-order valence-corrected chi connectivity index (χ2v) is 16.8. The van der Waals surface area contributed by atoms with Crippen LogP contribution in [-0.2, 0) is 0 Å². The summed E-state index contributed by atoms with van der Waals surface area (Å²) in [6, 6.07) is 55.2. The first kappa shape index (κ1) is 40.5. The molecule has 0 aliphatic heterocycles. The molecule has 0 fully saturated rings. The van der Waals surface area contributed by atoms with E-state index in [0.717, 1.165) is 99.4 Å². The van der Waals surface area contributed by atoms with E-state index in [0.29, 0.717) is 23.3 Å². The number of aromatic nitrogens is 6. The summed E-state index contributed by atoms with van der Waals surface area (Å²) in [4.78, 5) is 30.1. The number of benzene rings is 6. The standard InChI is InChI=1S/C60H46N6/c1-6-18-41(19-7-1)51-28-16-17-29-52(51)50-38-39-53(42-30-34-48(35-31-42)59-63-55(44-20-8-2-9-21-44)61-56(64-59)45-22-10-3-11-23-45)54(40-50)43-32-36-49(37-33-43)60-65-57(46-24-12-4-13-25-46)62-58(66-60)47-26-14-5-15-27-47/h1-2,4,6-10,12-14,16-34,36-40,48H,3,5,11,15,35H2. The second-order valence-electron chi connectivity index (χ2n) is 16.8. The summed E-state index contributed by atoms with van der Waals surface area (Å²) in [7, 11) is 0. The van der Waals surface area contributed by atoms with Gasteiger partial charge >= 0.3 is 0 Å². The van der Waals surface area contributed by atoms with Gasteiger partial charge in [0.1, 0.15) is 5.82 Å². The van der Waals surface area contributed by atoms with E-state index in [1.165, 1.54) is 16.7 Å². The first-order valence-corrected chi connectivity index (χ1v) is 22.9. The summed E-state index contributed by atoms with van der Waals surface area (Å²) in [6.45, 7) is 0. The monoisotopic (exact) mass is 850 g/mol. The lowest BCUT2D eigenvalue weighted by atomic mass is 9.85. The van der Waals surface area contributed by atoms with Crippen LogP contribution in [-0.4, -0.2) is 29.9 Å². The molecule has 0 spiro atoms. The fourth-order valence-corrected chi connectivity index (χ4v) is 8.93. The molecule has 0 saturated carbocycles. The maximum Gasteiger partial charge on any atom is 0.164 e. The van der Waals surface area contributed by atoms with Crippen LogP contribution in [0.15, 0.2) is 212 Å². The van der Waals surface area contributed by atoms with Gasteiger partial charge in [-0.3, -0.25) is 0 Å². The van der Waals surface area contributed by atoms with Gasteiger partial charge in [0, 0.05) is 33.8 Å². The molecule has 1 atom stereocenters. The molecule has 0 bridgehead atoms. The van der Waals surface area contributed by atoms with E-state index in [4.69, 9.17) is 29.9 Å². The third-order valence-electron chi connectivity index (χ3n) is 12.4. The van der Waals surface area contributed by atoms with Gasteiger partial charge in [0.2, 0.25) is 0 Å². The topological polar surface area (TPSA) is 77.3 Å². The average molecular weight is 851 g/mol. The number of hydrogen-bond acceptors (Lipinski definition) is 6. The van der Waals surface area contributed by atoms with Crippen molar-refractivity contribution in [1.29, 1.82) is 0 Å². The van der Waals surface area contributed by atoms with Gasteiger partial charge in [-0.1, -0.05) is 206 Å². The lowest BCUT2D eigenvalue weighted by Gasteiger charge is -2.20. The molecule has 0 saturated heterocycles. The molecule has 11 rings (SSSR count). The quantitative estimate of drug-likeness (QED) is 0.136. The predicted molar refractivity (Wildman–Crippen MR) is 269 cm³/mol. The van der Waals surface area contributed by atoms with Crippen LogP contribution in [0.3, 0.4) is 0 Å². The molecule has 6 aromatic carbocycles. The first-order chi connectivity index (χ1) is 32.7. The SMILES string of the molecule is C1=CC(c2nc(-c3ccccc3)nc(-c3ccc(-c4cc(-c5ccccc5-c5ccccc5)ccc4C4=CCC(c5nc(C6=CCCC=C6)nc(-c6ccccc6)n5)C=C4)cc3)n2)=CCC1. The Morgan fingerprint density at radius 2 is 0.773 bits per heavy atom. The third-order valence-corrected chi connectivity index (χ3v) is 12.4. The van der Waals surface area contributed by atoms with Gasteiger partial charge in [-0.25, -0.2) is 29.9 Å². The van der Waals surface area contributed by atoms with Gasteiger partial charge in [0.25, 0.3) is 0 Å². The van der Waals surface area contributed by atoms with Crippen molar-refractivity contribution < 1.29 is 0 Å². The van der Waals surface area contributed by atoms with Gasteiger partial charge in [0.05, 0.1) is 0 Å². The number of allylic oxidation sites excluding steroid dienone is 12. The van der Waals surface area contributed by atoms with Gasteiger partial charge in [-0.05, 0) is 82.7 Å². The Bertz CT molecular complexity index is 3250. The molecule has 1 unspecified atom stereocenters. The maximum absolute atomic E-state index is 5.09. The van der Waals surface area contributed by atoms with Gasteiger partial charge in [-0.2, -0.15) is 0 Å². The molecule has 3 aliphatic rings. The minimum absolute atomic E-state index is 0.00298. The van der Waals surface area contributed by atoms with Gasteiger partial charge in [-0.15, -0.1) is 0 Å². The van der Waals surface area contributed by atoms with E-state index in [1.54, 1.807) is 0 Å². The van der Waals surface area contributed by atoms with E-state index in [-0.39, 0.29) is 5.92 Å². The summed E-state index contributed by atoms with van der Waals surface area (Å²) in [5.41, 5.74) is 14.2. The Balaban J connectivity index is 0.979. The van der Waals surface area contributed by atoms with Crippen molar-refractivity contribution in [2.45, 2.75) is 38.0 Å². The highest BCUT2D eigenvalue weighted by molar-refractivity contribution is 5.92. The summed E-state index contributed by atoms with van der Waals surface area (Å²) in [6.07, 6.45) is 24.7. The van der Waals surface area contributed by atoms with Crippen molar-refractivity contribution in [2.75, 3.05) is 0 Å². The zero-order chi connectivity index (χ0) is 44.1. The van der Waals surface area contributed by atoms with Gasteiger partial charge in [0.15, 0.2) is 29.1 Å². The van der Waals surface area contributed by atoms with E-state index in [2.05, 4.69) is 164 Å². The van der Waals surface area contributed by atoms with Crippen LogP contribution in [0.2, 0.25) is 0 Å². The fourth-order valence-electron chi connectivity index (χ4n) is 8.93. The zero-order valence-electron chi connectivity index (χ0n) is 36.5. The molecule has 0 N–H and O–H groups in total. The summed E-state index contributed by atoms with van der Waals surface area (Å²) >= 11 is 0. The Kier molecular flexibility index (Phi) is 11.4. The maximum atomic E-state index is 5.09. The number of nitrogens with zero attached hydrogens (tertiary/aromatic N) is 6. The van der Waals surface area contributed by atoms with Crippen LogP contribution in [0.4, 0.5) is 0 Å². The van der Waals surface area contributed by atoms with Crippen LogP contribution < -0.4 is 0 Å². The Labute approximate surface area is 386 Å². The van der Waals surface area contributed by atoms with Gasteiger partial charge < -0.3 is 0 Å². The number of hydrogen-bond donors (Lipinski definition) is 0. The van der Waals surface area contributed by atoms with Crippen molar-refractivity contribution in [2.24, 2.45) is 0 Å². The molecule has 6 heteroatoms.